The molecule has 0 radical (unpaired) electrons. The molecule has 0 aliphatic carbocycles. The van der Waals surface area contributed by atoms with E-state index in [2.05, 4.69) is 10.4 Å². The fourth-order valence-electron chi connectivity index (χ4n) is 2.53. The van der Waals surface area contributed by atoms with E-state index in [-0.39, 0.29) is 12.5 Å². The Morgan fingerprint density at radius 2 is 2.47 bits per heavy atom. The number of amides is 1. The Kier molecular flexibility index (Phi) is 4.70. The molecule has 1 amide bonds. The van der Waals surface area contributed by atoms with Gasteiger partial charge < -0.3 is 15.4 Å². The van der Waals surface area contributed by atoms with Crippen LogP contribution in [0.4, 0.5) is 5.69 Å². The van der Waals surface area contributed by atoms with E-state index in [1.165, 1.54) is 6.20 Å². The molecule has 1 saturated heterocycles. The predicted molar refractivity (Wildman–Crippen MR) is 72.4 cm³/mol. The molecule has 2 heterocycles. The largest absolute Gasteiger partial charge is 0.396 e. The second-order valence-electron chi connectivity index (χ2n) is 4.84. The van der Waals surface area contributed by atoms with Crippen molar-refractivity contribution in [3.8, 4) is 0 Å². The number of pyridine rings is 1. The van der Waals surface area contributed by atoms with Crippen LogP contribution in [0.2, 0.25) is 0 Å². The Balaban J connectivity index is 2.10. The number of rotatable bonds is 4. The van der Waals surface area contributed by atoms with Crippen molar-refractivity contribution in [2.45, 2.75) is 19.3 Å². The van der Waals surface area contributed by atoms with Crippen LogP contribution in [0.1, 0.15) is 29.6 Å². The van der Waals surface area contributed by atoms with Gasteiger partial charge in [0.2, 0.25) is 0 Å². The van der Waals surface area contributed by atoms with Crippen LogP contribution in [-0.4, -0.2) is 40.6 Å². The smallest absolute Gasteiger partial charge is 0.257 e. The van der Waals surface area contributed by atoms with E-state index in [1.807, 2.05) is 4.90 Å². The van der Waals surface area contributed by atoms with E-state index in [1.54, 1.807) is 12.3 Å². The summed E-state index contributed by atoms with van der Waals surface area (Å²) in [5.41, 5.74) is 3.61. The van der Waals surface area contributed by atoms with Gasteiger partial charge in [-0.15, -0.1) is 0 Å². The standard InChI is InChI=1S/C13H20N4O2/c14-16-12-3-5-15-8-11(12)13(19)17-6-1-2-10(9-17)4-7-18/h3,5,8,10,18H,1-2,4,6-7,9,14H2,(H,15,16). The maximum absolute atomic E-state index is 12.5. The Labute approximate surface area is 112 Å². The molecule has 1 unspecified atom stereocenters. The summed E-state index contributed by atoms with van der Waals surface area (Å²) in [6, 6.07) is 1.68. The summed E-state index contributed by atoms with van der Waals surface area (Å²) >= 11 is 0. The quantitative estimate of drug-likeness (QED) is 0.547. The lowest BCUT2D eigenvalue weighted by atomic mass is 9.94. The number of nitrogen functional groups attached to an aromatic ring is 1. The molecule has 0 aromatic carbocycles. The third kappa shape index (κ3) is 3.21. The summed E-state index contributed by atoms with van der Waals surface area (Å²) in [5.74, 6) is 5.74. The summed E-state index contributed by atoms with van der Waals surface area (Å²) in [7, 11) is 0. The van der Waals surface area contributed by atoms with Crippen molar-refractivity contribution >= 4 is 11.6 Å². The van der Waals surface area contributed by atoms with Gasteiger partial charge >= 0.3 is 0 Å². The van der Waals surface area contributed by atoms with Crippen molar-refractivity contribution in [2.75, 3.05) is 25.1 Å². The average molecular weight is 264 g/mol. The number of hydrazine groups is 1. The van der Waals surface area contributed by atoms with E-state index in [9.17, 15) is 4.79 Å². The summed E-state index contributed by atoms with van der Waals surface area (Å²) in [6.45, 7) is 1.62. The first-order valence-electron chi connectivity index (χ1n) is 6.57. The van der Waals surface area contributed by atoms with Crippen LogP contribution in [0.15, 0.2) is 18.5 Å². The number of likely N-dealkylation sites (tertiary alicyclic amines) is 1. The Morgan fingerprint density at radius 3 is 3.21 bits per heavy atom. The van der Waals surface area contributed by atoms with E-state index in [0.29, 0.717) is 23.7 Å². The average Bonchev–Trinajstić information content (AvgIpc) is 2.47. The minimum atomic E-state index is -0.0521. The van der Waals surface area contributed by atoms with Gasteiger partial charge in [-0.05, 0) is 31.2 Å². The number of carbonyl (C=O) groups is 1. The molecule has 0 saturated carbocycles. The molecule has 1 aliphatic rings. The summed E-state index contributed by atoms with van der Waals surface area (Å²) < 4.78 is 0. The fourth-order valence-corrected chi connectivity index (χ4v) is 2.53. The number of anilines is 1. The van der Waals surface area contributed by atoms with Crippen molar-refractivity contribution in [3.63, 3.8) is 0 Å². The Morgan fingerprint density at radius 1 is 1.63 bits per heavy atom. The van der Waals surface area contributed by atoms with Crippen LogP contribution in [0, 0.1) is 5.92 Å². The Hall–Kier alpha value is -1.66. The molecule has 1 aromatic heterocycles. The number of hydrogen-bond donors (Lipinski definition) is 3. The number of aliphatic hydroxyl groups is 1. The number of piperidine rings is 1. The highest BCUT2D eigenvalue weighted by molar-refractivity contribution is 5.99. The molecule has 0 spiro atoms. The van der Waals surface area contributed by atoms with E-state index in [0.717, 1.165) is 25.8 Å². The molecular formula is C13H20N4O2. The molecule has 1 fully saturated rings. The van der Waals surface area contributed by atoms with Gasteiger partial charge in [0.25, 0.3) is 5.91 Å². The number of nitrogens with two attached hydrogens (primary N) is 1. The van der Waals surface area contributed by atoms with Gasteiger partial charge in [-0.2, -0.15) is 0 Å². The molecule has 4 N–H and O–H groups in total. The topological polar surface area (TPSA) is 91.5 Å². The lowest BCUT2D eigenvalue weighted by Gasteiger charge is -2.32. The van der Waals surface area contributed by atoms with Gasteiger partial charge in [0.15, 0.2) is 0 Å². The van der Waals surface area contributed by atoms with Gasteiger partial charge in [-0.3, -0.25) is 15.6 Å². The van der Waals surface area contributed by atoms with Crippen molar-refractivity contribution < 1.29 is 9.90 Å². The first-order valence-corrected chi connectivity index (χ1v) is 6.57. The molecular weight excluding hydrogens is 244 g/mol. The van der Waals surface area contributed by atoms with Crippen molar-refractivity contribution in [2.24, 2.45) is 11.8 Å². The van der Waals surface area contributed by atoms with Gasteiger partial charge in [-0.25, -0.2) is 0 Å². The van der Waals surface area contributed by atoms with Gasteiger partial charge in [0.1, 0.15) is 0 Å². The van der Waals surface area contributed by atoms with Crippen molar-refractivity contribution in [3.05, 3.63) is 24.0 Å². The molecule has 2 rings (SSSR count). The van der Waals surface area contributed by atoms with Crippen molar-refractivity contribution in [1.82, 2.24) is 9.88 Å². The zero-order valence-electron chi connectivity index (χ0n) is 10.9. The van der Waals surface area contributed by atoms with Crippen LogP contribution in [0.5, 0.6) is 0 Å². The summed E-state index contributed by atoms with van der Waals surface area (Å²) in [5, 5.41) is 9.00. The number of nitrogens with one attached hydrogen (secondary N) is 1. The predicted octanol–water partition coefficient (Wildman–Crippen LogP) is 0.602. The third-order valence-electron chi connectivity index (χ3n) is 3.55. The number of nitrogens with zero attached hydrogens (tertiary/aromatic N) is 2. The minimum Gasteiger partial charge on any atom is -0.396 e. The summed E-state index contributed by atoms with van der Waals surface area (Å²) in [4.78, 5) is 18.3. The minimum absolute atomic E-state index is 0.0521. The molecule has 1 aliphatic heterocycles. The SMILES string of the molecule is NNc1ccncc1C(=O)N1CCCC(CCO)C1. The maximum Gasteiger partial charge on any atom is 0.257 e. The molecule has 0 bridgehead atoms. The number of carbonyl (C=O) groups excluding carboxylic acids is 1. The van der Waals surface area contributed by atoms with Crippen molar-refractivity contribution in [1.29, 1.82) is 0 Å². The second-order valence-corrected chi connectivity index (χ2v) is 4.84. The number of hydrogen-bond acceptors (Lipinski definition) is 5. The Bertz CT molecular complexity index is 436. The molecule has 19 heavy (non-hydrogen) atoms. The first-order chi connectivity index (χ1) is 9.26. The zero-order valence-corrected chi connectivity index (χ0v) is 10.9. The highest BCUT2D eigenvalue weighted by Gasteiger charge is 2.25. The van der Waals surface area contributed by atoms with E-state index < -0.39 is 0 Å². The monoisotopic (exact) mass is 264 g/mol. The molecule has 104 valence electrons. The second kappa shape index (κ2) is 6.49. The fraction of sp³-hybridized carbons (Fsp3) is 0.538. The van der Waals surface area contributed by atoms with Crippen LogP contribution in [0.3, 0.4) is 0 Å². The lowest BCUT2D eigenvalue weighted by Crippen LogP contribution is -2.40. The van der Waals surface area contributed by atoms with Crippen LogP contribution < -0.4 is 11.3 Å². The third-order valence-corrected chi connectivity index (χ3v) is 3.55. The zero-order chi connectivity index (χ0) is 13.7. The molecule has 1 atom stereocenters. The van der Waals surface area contributed by atoms with E-state index >= 15 is 0 Å². The highest BCUT2D eigenvalue weighted by atomic mass is 16.3. The van der Waals surface area contributed by atoms with Gasteiger partial charge in [0, 0.05) is 32.1 Å². The molecule has 1 aromatic rings. The van der Waals surface area contributed by atoms with Crippen LogP contribution >= 0.6 is 0 Å². The maximum atomic E-state index is 12.5. The van der Waals surface area contributed by atoms with Gasteiger partial charge in [-0.1, -0.05) is 0 Å². The molecule has 6 heteroatoms. The van der Waals surface area contributed by atoms with Crippen LogP contribution in [0.25, 0.3) is 0 Å². The van der Waals surface area contributed by atoms with Crippen LogP contribution in [-0.2, 0) is 0 Å². The molecule has 6 nitrogen and oxygen atoms in total. The lowest BCUT2D eigenvalue weighted by molar-refractivity contribution is 0.0654. The normalized spacial score (nSPS) is 19.3. The first kappa shape index (κ1) is 13.8. The summed E-state index contributed by atoms with van der Waals surface area (Å²) in [6.07, 6.45) is 5.92. The number of aromatic nitrogens is 1. The number of aliphatic hydroxyl groups excluding tert-OH is 1. The van der Waals surface area contributed by atoms with Gasteiger partial charge in [0.05, 0.1) is 11.3 Å². The van der Waals surface area contributed by atoms with E-state index in [4.69, 9.17) is 10.9 Å². The highest BCUT2D eigenvalue weighted by Crippen LogP contribution is 2.22.